The molecular formula is C20H26N4O5. The Balaban J connectivity index is 2.35. The standard InChI is InChI=1S/C20H26N4O5/c1-5-10-28-18(26)22-15(17(25)23-21)11-13-12-24(19(27)29-20(2,3)4)16-9-7-6-8-14(13)16/h5-9,12,15H,1,10-11,21H2,2-4H3,(H,22,26)(H,23,25)/t15-/m1/s1. The van der Waals surface area contributed by atoms with Crippen LogP contribution in [-0.4, -0.2) is 40.9 Å². The number of ether oxygens (including phenoxy) is 2. The summed E-state index contributed by atoms with van der Waals surface area (Å²) >= 11 is 0. The van der Waals surface area contributed by atoms with Crippen molar-refractivity contribution in [3.63, 3.8) is 0 Å². The van der Waals surface area contributed by atoms with Gasteiger partial charge in [-0.1, -0.05) is 30.9 Å². The Morgan fingerprint density at radius 1 is 1.28 bits per heavy atom. The number of nitrogens with zero attached hydrogens (tertiary/aromatic N) is 1. The fourth-order valence-electron chi connectivity index (χ4n) is 2.72. The molecule has 0 aliphatic heterocycles. The van der Waals surface area contributed by atoms with Gasteiger partial charge in [0.05, 0.1) is 5.52 Å². The lowest BCUT2D eigenvalue weighted by Gasteiger charge is -2.19. The molecule has 4 N–H and O–H groups in total. The molecule has 2 rings (SSSR count). The normalized spacial score (nSPS) is 12.1. The zero-order valence-corrected chi connectivity index (χ0v) is 16.7. The first-order valence-corrected chi connectivity index (χ1v) is 9.03. The minimum Gasteiger partial charge on any atom is -0.445 e. The summed E-state index contributed by atoms with van der Waals surface area (Å²) in [6, 6.07) is 6.19. The van der Waals surface area contributed by atoms with Crippen LogP contribution >= 0.6 is 0 Å². The predicted octanol–water partition coefficient (Wildman–Crippen LogP) is 2.24. The van der Waals surface area contributed by atoms with Crippen molar-refractivity contribution in [1.82, 2.24) is 15.3 Å². The molecule has 0 spiro atoms. The zero-order valence-electron chi connectivity index (χ0n) is 16.7. The maximum atomic E-state index is 12.6. The summed E-state index contributed by atoms with van der Waals surface area (Å²) in [7, 11) is 0. The van der Waals surface area contributed by atoms with E-state index in [0.717, 1.165) is 5.39 Å². The summed E-state index contributed by atoms with van der Waals surface area (Å²) < 4.78 is 11.7. The highest BCUT2D eigenvalue weighted by molar-refractivity contribution is 5.93. The van der Waals surface area contributed by atoms with Gasteiger partial charge in [-0.2, -0.15) is 0 Å². The van der Waals surface area contributed by atoms with Gasteiger partial charge in [0.1, 0.15) is 18.2 Å². The molecule has 0 saturated heterocycles. The fourth-order valence-corrected chi connectivity index (χ4v) is 2.72. The van der Waals surface area contributed by atoms with Crippen LogP contribution in [0.4, 0.5) is 9.59 Å². The topological polar surface area (TPSA) is 125 Å². The molecule has 0 aliphatic rings. The molecule has 9 heteroatoms. The van der Waals surface area contributed by atoms with Crippen LogP contribution in [0.1, 0.15) is 26.3 Å². The van der Waals surface area contributed by atoms with Crippen LogP contribution in [0.3, 0.4) is 0 Å². The number of nitrogens with one attached hydrogen (secondary N) is 2. The summed E-state index contributed by atoms with van der Waals surface area (Å²) in [5, 5.41) is 3.21. The Labute approximate surface area is 168 Å². The SMILES string of the molecule is C=CCOC(=O)N[C@H](Cc1cn(C(=O)OC(C)(C)C)c2ccccc12)C(=O)NN. The van der Waals surface area contributed by atoms with E-state index in [1.54, 1.807) is 39.1 Å². The number of para-hydroxylation sites is 1. The van der Waals surface area contributed by atoms with E-state index in [0.29, 0.717) is 11.1 Å². The minimum absolute atomic E-state index is 0.000743. The second kappa shape index (κ2) is 9.24. The van der Waals surface area contributed by atoms with E-state index in [-0.39, 0.29) is 13.0 Å². The molecule has 1 atom stereocenters. The Bertz CT molecular complexity index is 913. The second-order valence-corrected chi connectivity index (χ2v) is 7.32. The van der Waals surface area contributed by atoms with Crippen molar-refractivity contribution in [2.24, 2.45) is 5.84 Å². The number of carbonyl (C=O) groups excluding carboxylic acids is 3. The van der Waals surface area contributed by atoms with Gasteiger partial charge in [0.25, 0.3) is 5.91 Å². The zero-order chi connectivity index (χ0) is 21.6. The summed E-state index contributed by atoms with van der Waals surface area (Å²) in [6.07, 6.45) is 1.76. The first-order chi connectivity index (χ1) is 13.7. The van der Waals surface area contributed by atoms with Crippen molar-refractivity contribution >= 4 is 29.0 Å². The van der Waals surface area contributed by atoms with E-state index in [2.05, 4.69) is 11.9 Å². The third kappa shape index (κ3) is 5.82. The molecule has 2 aromatic rings. The van der Waals surface area contributed by atoms with E-state index in [1.807, 2.05) is 17.6 Å². The van der Waals surface area contributed by atoms with Gasteiger partial charge >= 0.3 is 12.2 Å². The highest BCUT2D eigenvalue weighted by Gasteiger charge is 2.25. The quantitative estimate of drug-likeness (QED) is 0.295. The van der Waals surface area contributed by atoms with Gasteiger partial charge in [0.2, 0.25) is 0 Å². The number of benzene rings is 1. The lowest BCUT2D eigenvalue weighted by molar-refractivity contribution is -0.123. The number of carbonyl (C=O) groups is 3. The highest BCUT2D eigenvalue weighted by Crippen LogP contribution is 2.24. The molecular weight excluding hydrogens is 376 g/mol. The highest BCUT2D eigenvalue weighted by atomic mass is 16.6. The van der Waals surface area contributed by atoms with Crippen molar-refractivity contribution in [2.75, 3.05) is 6.61 Å². The van der Waals surface area contributed by atoms with Crippen LogP contribution in [0, 0.1) is 0 Å². The number of fused-ring (bicyclic) bond motifs is 1. The maximum absolute atomic E-state index is 12.6. The molecule has 9 nitrogen and oxygen atoms in total. The molecule has 0 aliphatic carbocycles. The van der Waals surface area contributed by atoms with Gasteiger partial charge in [-0.25, -0.2) is 15.4 Å². The number of alkyl carbamates (subject to hydrolysis) is 1. The summed E-state index contributed by atoms with van der Waals surface area (Å²) in [5.41, 5.74) is 2.64. The molecule has 0 radical (unpaired) electrons. The van der Waals surface area contributed by atoms with Crippen LogP contribution in [0.2, 0.25) is 0 Å². The minimum atomic E-state index is -1.00. The van der Waals surface area contributed by atoms with Crippen molar-refractivity contribution < 1.29 is 23.9 Å². The number of hydrazine groups is 1. The molecule has 2 amide bonds. The van der Waals surface area contributed by atoms with Crippen LogP contribution in [0.25, 0.3) is 10.9 Å². The van der Waals surface area contributed by atoms with Crippen LogP contribution in [0.5, 0.6) is 0 Å². The average molecular weight is 402 g/mol. The Kier molecular flexibility index (Phi) is 7.00. The smallest absolute Gasteiger partial charge is 0.419 e. The van der Waals surface area contributed by atoms with Gasteiger partial charge in [-0.05, 0) is 32.4 Å². The average Bonchev–Trinajstić information content (AvgIpc) is 3.02. The van der Waals surface area contributed by atoms with Crippen molar-refractivity contribution in [3.8, 4) is 0 Å². The molecule has 0 bridgehead atoms. The van der Waals surface area contributed by atoms with E-state index >= 15 is 0 Å². The molecule has 1 aromatic heterocycles. The first kappa shape index (κ1) is 22.0. The third-order valence-electron chi connectivity index (χ3n) is 3.89. The van der Waals surface area contributed by atoms with E-state index < -0.39 is 29.7 Å². The van der Waals surface area contributed by atoms with Crippen LogP contribution < -0.4 is 16.6 Å². The second-order valence-electron chi connectivity index (χ2n) is 7.32. The monoisotopic (exact) mass is 402 g/mol. The number of rotatable bonds is 6. The maximum Gasteiger partial charge on any atom is 0.419 e. The summed E-state index contributed by atoms with van der Waals surface area (Å²) in [5.74, 6) is 4.65. The van der Waals surface area contributed by atoms with E-state index in [1.165, 1.54) is 10.6 Å². The van der Waals surface area contributed by atoms with Gasteiger partial charge in [-0.3, -0.25) is 14.8 Å². The van der Waals surface area contributed by atoms with Crippen molar-refractivity contribution in [3.05, 3.63) is 48.7 Å². The lowest BCUT2D eigenvalue weighted by Crippen LogP contribution is -2.50. The Morgan fingerprint density at radius 2 is 1.97 bits per heavy atom. The molecule has 0 unspecified atom stereocenters. The lowest BCUT2D eigenvalue weighted by atomic mass is 10.0. The number of nitrogens with two attached hydrogens (primary N) is 1. The van der Waals surface area contributed by atoms with Gasteiger partial charge in [-0.15, -0.1) is 0 Å². The van der Waals surface area contributed by atoms with Gasteiger partial charge in [0.15, 0.2) is 0 Å². The van der Waals surface area contributed by atoms with Gasteiger partial charge in [0, 0.05) is 18.0 Å². The Morgan fingerprint density at radius 3 is 2.59 bits per heavy atom. The fraction of sp³-hybridized carbons (Fsp3) is 0.350. The predicted molar refractivity (Wildman–Crippen MR) is 108 cm³/mol. The van der Waals surface area contributed by atoms with E-state index in [9.17, 15) is 14.4 Å². The van der Waals surface area contributed by atoms with Crippen molar-refractivity contribution in [1.29, 1.82) is 0 Å². The van der Waals surface area contributed by atoms with Crippen LogP contribution in [0.15, 0.2) is 43.1 Å². The number of aromatic nitrogens is 1. The summed E-state index contributed by atoms with van der Waals surface area (Å²) in [6.45, 7) is 8.79. The number of amides is 2. The first-order valence-electron chi connectivity index (χ1n) is 9.03. The molecule has 0 fully saturated rings. The van der Waals surface area contributed by atoms with E-state index in [4.69, 9.17) is 15.3 Å². The molecule has 1 heterocycles. The van der Waals surface area contributed by atoms with Gasteiger partial charge < -0.3 is 14.8 Å². The molecule has 0 saturated carbocycles. The molecule has 1 aromatic carbocycles. The van der Waals surface area contributed by atoms with Crippen LogP contribution in [-0.2, 0) is 20.7 Å². The largest absolute Gasteiger partial charge is 0.445 e. The van der Waals surface area contributed by atoms with Crippen molar-refractivity contribution in [2.45, 2.75) is 38.8 Å². The summed E-state index contributed by atoms with van der Waals surface area (Å²) in [4.78, 5) is 36.6. The number of hydrogen-bond acceptors (Lipinski definition) is 6. The molecule has 29 heavy (non-hydrogen) atoms. The third-order valence-corrected chi connectivity index (χ3v) is 3.89. The molecule has 156 valence electrons. The Hall–Kier alpha value is -3.33. The number of hydrogen-bond donors (Lipinski definition) is 3.